The zero-order valence-corrected chi connectivity index (χ0v) is 14.2. The summed E-state index contributed by atoms with van der Waals surface area (Å²) in [4.78, 5) is 29.6. The van der Waals surface area contributed by atoms with Gasteiger partial charge < -0.3 is 10.4 Å². The third-order valence-corrected chi connectivity index (χ3v) is 4.83. The van der Waals surface area contributed by atoms with Crippen LogP contribution in [0, 0.1) is 6.92 Å². The normalized spacial score (nSPS) is 17.8. The number of aromatic nitrogens is 1. The molecule has 1 aliphatic heterocycles. The van der Waals surface area contributed by atoms with Crippen molar-refractivity contribution in [3.63, 3.8) is 0 Å². The van der Waals surface area contributed by atoms with Crippen molar-refractivity contribution in [1.82, 2.24) is 9.88 Å². The van der Waals surface area contributed by atoms with Gasteiger partial charge in [-0.2, -0.15) is 0 Å². The Kier molecular flexibility index (Phi) is 4.92. The fourth-order valence-corrected chi connectivity index (χ4v) is 3.55. The van der Waals surface area contributed by atoms with Gasteiger partial charge in [0.05, 0.1) is 17.2 Å². The van der Waals surface area contributed by atoms with E-state index in [4.69, 9.17) is 0 Å². The molecule has 2 aromatic rings. The van der Waals surface area contributed by atoms with Crippen LogP contribution in [0.1, 0.15) is 17.8 Å². The number of nitrogens with one attached hydrogen (secondary N) is 1. The predicted octanol–water partition coefficient (Wildman–Crippen LogP) is 2.61. The number of hydrogen-bond donors (Lipinski definition) is 2. The lowest BCUT2D eigenvalue weighted by Crippen LogP contribution is -2.40. The highest BCUT2D eigenvalue weighted by molar-refractivity contribution is 7.09. The van der Waals surface area contributed by atoms with E-state index in [1.54, 1.807) is 16.2 Å². The molecule has 0 saturated carbocycles. The molecule has 126 valence electrons. The predicted molar refractivity (Wildman–Crippen MR) is 93.1 cm³/mol. The second-order valence-electron chi connectivity index (χ2n) is 5.85. The molecule has 1 fully saturated rings. The number of carboxylic acids is 1. The monoisotopic (exact) mass is 345 g/mol. The van der Waals surface area contributed by atoms with Crippen molar-refractivity contribution in [1.29, 1.82) is 0 Å². The quantitative estimate of drug-likeness (QED) is 0.870. The first-order chi connectivity index (χ1) is 11.5. The molecule has 0 bridgehead atoms. The van der Waals surface area contributed by atoms with E-state index in [-0.39, 0.29) is 12.5 Å². The van der Waals surface area contributed by atoms with E-state index in [2.05, 4.69) is 10.3 Å². The summed E-state index contributed by atoms with van der Waals surface area (Å²) in [5, 5.41) is 15.0. The number of likely N-dealkylation sites (tertiary alicyclic amines) is 1. The van der Waals surface area contributed by atoms with Gasteiger partial charge in [0.15, 0.2) is 0 Å². The summed E-state index contributed by atoms with van der Waals surface area (Å²) in [5.74, 6) is -1.06. The Bertz CT molecular complexity index is 759. The third kappa shape index (κ3) is 3.80. The van der Waals surface area contributed by atoms with Crippen LogP contribution in [-0.2, 0) is 9.59 Å². The Morgan fingerprint density at radius 2 is 2.29 bits per heavy atom. The number of aryl methyl sites for hydroxylation is 1. The Morgan fingerprint density at radius 3 is 3.00 bits per heavy atom. The van der Waals surface area contributed by atoms with Gasteiger partial charge in [-0.25, -0.2) is 4.98 Å². The molecular formula is C17H19N3O3S. The van der Waals surface area contributed by atoms with Crippen molar-refractivity contribution in [2.45, 2.75) is 25.8 Å². The van der Waals surface area contributed by atoms with Crippen LogP contribution >= 0.6 is 11.3 Å². The van der Waals surface area contributed by atoms with Crippen LogP contribution in [0.25, 0.3) is 11.3 Å². The first-order valence-corrected chi connectivity index (χ1v) is 8.70. The molecule has 1 atom stereocenters. The minimum atomic E-state index is -0.860. The number of carbonyl (C=O) groups is 2. The molecule has 1 aromatic heterocycles. The molecule has 0 spiro atoms. The Morgan fingerprint density at radius 1 is 1.46 bits per heavy atom. The molecule has 6 nitrogen and oxygen atoms in total. The number of nitrogens with zero attached hydrogens (tertiary/aromatic N) is 2. The number of carbonyl (C=O) groups excluding carboxylic acids is 1. The summed E-state index contributed by atoms with van der Waals surface area (Å²) in [5.41, 5.74) is 2.52. The zero-order chi connectivity index (χ0) is 17.1. The van der Waals surface area contributed by atoms with E-state index in [9.17, 15) is 14.7 Å². The second-order valence-corrected chi connectivity index (χ2v) is 6.91. The zero-order valence-electron chi connectivity index (χ0n) is 13.4. The summed E-state index contributed by atoms with van der Waals surface area (Å²) in [6, 6.07) is 6.96. The first kappa shape index (κ1) is 16.6. The molecule has 0 aliphatic carbocycles. The molecule has 0 unspecified atom stereocenters. The second kappa shape index (κ2) is 7.11. The van der Waals surface area contributed by atoms with Gasteiger partial charge in [0.2, 0.25) is 5.91 Å². The molecule has 2 N–H and O–H groups in total. The van der Waals surface area contributed by atoms with E-state index >= 15 is 0 Å². The van der Waals surface area contributed by atoms with Crippen LogP contribution in [0.2, 0.25) is 0 Å². The van der Waals surface area contributed by atoms with Crippen molar-refractivity contribution in [2.24, 2.45) is 0 Å². The van der Waals surface area contributed by atoms with Crippen LogP contribution in [0.5, 0.6) is 0 Å². The minimum absolute atomic E-state index is 0.0942. The van der Waals surface area contributed by atoms with Crippen molar-refractivity contribution in [3.8, 4) is 11.3 Å². The SMILES string of the molecule is Cc1nc(-c2cccc(NC(=O)CN3CCC[C@@H]3C(=O)O)c2)cs1. The van der Waals surface area contributed by atoms with Crippen molar-refractivity contribution < 1.29 is 14.7 Å². The number of aliphatic carboxylic acids is 1. The number of thiazole rings is 1. The van der Waals surface area contributed by atoms with Gasteiger partial charge in [0.25, 0.3) is 0 Å². The largest absolute Gasteiger partial charge is 0.480 e. The molecule has 24 heavy (non-hydrogen) atoms. The molecule has 1 amide bonds. The smallest absolute Gasteiger partial charge is 0.320 e. The van der Waals surface area contributed by atoms with Gasteiger partial charge in [-0.1, -0.05) is 12.1 Å². The summed E-state index contributed by atoms with van der Waals surface area (Å²) >= 11 is 1.58. The van der Waals surface area contributed by atoms with E-state index in [0.29, 0.717) is 18.7 Å². The molecular weight excluding hydrogens is 326 g/mol. The fourth-order valence-electron chi connectivity index (χ4n) is 2.93. The molecule has 2 heterocycles. The van der Waals surface area contributed by atoms with E-state index in [1.165, 1.54) is 0 Å². The van der Waals surface area contributed by atoms with E-state index in [0.717, 1.165) is 22.7 Å². The van der Waals surface area contributed by atoms with Crippen molar-refractivity contribution in [3.05, 3.63) is 34.7 Å². The minimum Gasteiger partial charge on any atom is -0.480 e. The van der Waals surface area contributed by atoms with Gasteiger partial charge in [-0.05, 0) is 38.4 Å². The average molecular weight is 345 g/mol. The highest BCUT2D eigenvalue weighted by atomic mass is 32.1. The van der Waals surface area contributed by atoms with Gasteiger partial charge in [-0.15, -0.1) is 11.3 Å². The standard InChI is InChI=1S/C17H19N3O3S/c1-11-18-14(10-24-11)12-4-2-5-13(8-12)19-16(21)9-20-7-3-6-15(20)17(22)23/h2,4-5,8,10,15H,3,6-7,9H2,1H3,(H,19,21)(H,22,23)/t15-/m1/s1. The molecule has 0 radical (unpaired) electrons. The lowest BCUT2D eigenvalue weighted by Gasteiger charge is -2.20. The van der Waals surface area contributed by atoms with Crippen LogP contribution < -0.4 is 5.32 Å². The molecule has 3 rings (SSSR count). The van der Waals surface area contributed by atoms with Gasteiger partial charge in [-0.3, -0.25) is 14.5 Å². The lowest BCUT2D eigenvalue weighted by molar-refractivity contribution is -0.142. The summed E-state index contributed by atoms with van der Waals surface area (Å²) in [6.45, 7) is 2.69. The highest BCUT2D eigenvalue weighted by Gasteiger charge is 2.31. The molecule has 1 aliphatic rings. The number of amides is 1. The number of anilines is 1. The highest BCUT2D eigenvalue weighted by Crippen LogP contribution is 2.24. The van der Waals surface area contributed by atoms with Gasteiger partial charge in [0.1, 0.15) is 6.04 Å². The molecule has 7 heteroatoms. The van der Waals surface area contributed by atoms with Crippen molar-refractivity contribution in [2.75, 3.05) is 18.4 Å². The first-order valence-electron chi connectivity index (χ1n) is 7.82. The molecule has 1 aromatic carbocycles. The maximum atomic E-state index is 12.2. The number of benzene rings is 1. The van der Waals surface area contributed by atoms with E-state index < -0.39 is 12.0 Å². The van der Waals surface area contributed by atoms with Crippen LogP contribution in [0.4, 0.5) is 5.69 Å². The summed E-state index contributed by atoms with van der Waals surface area (Å²) < 4.78 is 0. The Hall–Kier alpha value is -2.25. The summed E-state index contributed by atoms with van der Waals surface area (Å²) in [7, 11) is 0. The van der Waals surface area contributed by atoms with Gasteiger partial charge >= 0.3 is 5.97 Å². The number of hydrogen-bond acceptors (Lipinski definition) is 5. The Balaban J connectivity index is 1.65. The topological polar surface area (TPSA) is 82.5 Å². The summed E-state index contributed by atoms with van der Waals surface area (Å²) in [6.07, 6.45) is 1.41. The molecule has 1 saturated heterocycles. The maximum absolute atomic E-state index is 12.2. The van der Waals surface area contributed by atoms with Crippen LogP contribution in [0.15, 0.2) is 29.6 Å². The average Bonchev–Trinajstić information content (AvgIpc) is 3.16. The van der Waals surface area contributed by atoms with Crippen LogP contribution in [-0.4, -0.2) is 46.0 Å². The van der Waals surface area contributed by atoms with Crippen LogP contribution in [0.3, 0.4) is 0 Å². The Labute approximate surface area is 144 Å². The number of rotatable bonds is 5. The third-order valence-electron chi connectivity index (χ3n) is 4.06. The number of carboxylic acid groups (broad SMARTS) is 1. The van der Waals surface area contributed by atoms with Crippen molar-refractivity contribution >= 4 is 28.9 Å². The van der Waals surface area contributed by atoms with E-state index in [1.807, 2.05) is 36.6 Å². The maximum Gasteiger partial charge on any atom is 0.320 e. The fraction of sp³-hybridized carbons (Fsp3) is 0.353. The van der Waals surface area contributed by atoms with Gasteiger partial charge in [0, 0.05) is 16.6 Å². The lowest BCUT2D eigenvalue weighted by atomic mass is 10.1.